The van der Waals surface area contributed by atoms with Gasteiger partial charge in [-0.1, -0.05) is 19.3 Å². The lowest BCUT2D eigenvalue weighted by atomic mass is 9.94. The summed E-state index contributed by atoms with van der Waals surface area (Å²) in [4.78, 5) is 14.5. The van der Waals surface area contributed by atoms with Crippen molar-refractivity contribution >= 4 is 11.7 Å². The Balaban J connectivity index is 1.72. The number of hydrogen-bond donors (Lipinski definition) is 2. The van der Waals surface area contributed by atoms with Gasteiger partial charge in [0.15, 0.2) is 0 Å². The van der Waals surface area contributed by atoms with Crippen molar-refractivity contribution in [1.29, 1.82) is 0 Å². The van der Waals surface area contributed by atoms with Gasteiger partial charge in [-0.15, -0.1) is 0 Å². The Bertz CT molecular complexity index is 544. The van der Waals surface area contributed by atoms with Gasteiger partial charge in [-0.05, 0) is 18.9 Å². The molecule has 112 valence electrons. The van der Waals surface area contributed by atoms with Gasteiger partial charge in [0, 0.05) is 17.8 Å². The topological polar surface area (TPSA) is 74.2 Å². The van der Waals surface area contributed by atoms with Crippen LogP contribution < -0.4 is 5.32 Å². The zero-order chi connectivity index (χ0) is 14.5. The number of urea groups is 1. The smallest absolute Gasteiger partial charge is 0.322 e. The Morgan fingerprint density at radius 2 is 2.29 bits per heavy atom. The molecule has 2 aromatic rings. The van der Waals surface area contributed by atoms with Gasteiger partial charge in [0.1, 0.15) is 0 Å². The first-order chi connectivity index (χ1) is 10.3. The number of amides is 2. The number of nitrogens with zero attached hydrogens (tertiary/aromatic N) is 2. The van der Waals surface area contributed by atoms with Gasteiger partial charge in [-0.2, -0.15) is 5.10 Å². The number of aromatic amines is 1. The number of furan rings is 1. The van der Waals surface area contributed by atoms with Crippen molar-refractivity contribution in [3.63, 3.8) is 0 Å². The second-order valence-electron chi connectivity index (χ2n) is 5.47. The van der Waals surface area contributed by atoms with Crippen molar-refractivity contribution in [2.45, 2.75) is 44.7 Å². The molecule has 1 aliphatic rings. The van der Waals surface area contributed by atoms with E-state index in [1.54, 1.807) is 24.9 Å². The fraction of sp³-hybridized carbons (Fsp3) is 0.467. The molecular formula is C15H20N4O2. The van der Waals surface area contributed by atoms with E-state index in [0.717, 1.165) is 18.4 Å². The molecule has 1 saturated carbocycles. The maximum Gasteiger partial charge on any atom is 0.322 e. The van der Waals surface area contributed by atoms with Crippen LogP contribution in [-0.2, 0) is 6.54 Å². The van der Waals surface area contributed by atoms with Crippen LogP contribution in [0.15, 0.2) is 35.4 Å². The van der Waals surface area contributed by atoms with Crippen LogP contribution >= 0.6 is 0 Å². The number of anilines is 1. The van der Waals surface area contributed by atoms with E-state index in [1.165, 1.54) is 19.3 Å². The molecule has 0 aliphatic heterocycles. The van der Waals surface area contributed by atoms with Gasteiger partial charge in [-0.25, -0.2) is 4.79 Å². The minimum Gasteiger partial charge on any atom is -0.472 e. The molecule has 1 aliphatic carbocycles. The van der Waals surface area contributed by atoms with Gasteiger partial charge in [-0.3, -0.25) is 5.10 Å². The first-order valence-corrected chi connectivity index (χ1v) is 7.40. The van der Waals surface area contributed by atoms with E-state index in [9.17, 15) is 4.79 Å². The number of hydrogen-bond acceptors (Lipinski definition) is 3. The van der Waals surface area contributed by atoms with Crippen LogP contribution in [0.5, 0.6) is 0 Å². The summed E-state index contributed by atoms with van der Waals surface area (Å²) in [6.07, 6.45) is 12.4. The highest BCUT2D eigenvalue weighted by Gasteiger charge is 2.26. The van der Waals surface area contributed by atoms with Gasteiger partial charge in [0.05, 0.1) is 31.0 Å². The highest BCUT2D eigenvalue weighted by Crippen LogP contribution is 2.25. The van der Waals surface area contributed by atoms with E-state index in [4.69, 9.17) is 4.42 Å². The van der Waals surface area contributed by atoms with E-state index in [0.29, 0.717) is 18.3 Å². The first kappa shape index (κ1) is 13.7. The second-order valence-corrected chi connectivity index (χ2v) is 5.47. The Morgan fingerprint density at radius 1 is 1.43 bits per heavy atom. The third-order valence-corrected chi connectivity index (χ3v) is 3.96. The van der Waals surface area contributed by atoms with Crippen molar-refractivity contribution in [2.75, 3.05) is 5.32 Å². The van der Waals surface area contributed by atoms with E-state index >= 15 is 0 Å². The molecule has 0 saturated heterocycles. The molecule has 2 heterocycles. The molecule has 3 rings (SSSR count). The maximum absolute atomic E-state index is 12.6. The minimum atomic E-state index is -0.0792. The zero-order valence-electron chi connectivity index (χ0n) is 11.9. The van der Waals surface area contributed by atoms with Crippen LogP contribution in [0.4, 0.5) is 10.5 Å². The summed E-state index contributed by atoms with van der Waals surface area (Å²) in [6, 6.07) is 2.12. The number of carbonyl (C=O) groups is 1. The SMILES string of the molecule is O=C(Nc1cn[nH]c1)N(Cc1ccoc1)C1CCCCC1. The fourth-order valence-corrected chi connectivity index (χ4v) is 2.85. The molecule has 0 atom stereocenters. The summed E-state index contributed by atoms with van der Waals surface area (Å²) in [5.41, 5.74) is 1.70. The van der Waals surface area contributed by atoms with E-state index < -0.39 is 0 Å². The third-order valence-electron chi connectivity index (χ3n) is 3.96. The average molecular weight is 288 g/mol. The monoisotopic (exact) mass is 288 g/mol. The number of aromatic nitrogens is 2. The summed E-state index contributed by atoms with van der Waals surface area (Å²) < 4.78 is 5.11. The standard InChI is InChI=1S/C15H20N4O2/c20-15(18-13-8-16-17-9-13)19(10-12-6-7-21-11-12)14-4-2-1-3-5-14/h6-9,11,14H,1-5,10H2,(H,16,17)(H,18,20). The molecule has 0 bridgehead atoms. The number of nitrogens with one attached hydrogen (secondary N) is 2. The highest BCUT2D eigenvalue weighted by atomic mass is 16.3. The zero-order valence-corrected chi connectivity index (χ0v) is 11.9. The molecule has 0 aromatic carbocycles. The van der Waals surface area contributed by atoms with Crippen LogP contribution in [0.25, 0.3) is 0 Å². The molecule has 2 N–H and O–H groups in total. The molecule has 1 fully saturated rings. The van der Waals surface area contributed by atoms with Crippen molar-refractivity contribution in [3.8, 4) is 0 Å². The van der Waals surface area contributed by atoms with E-state index in [2.05, 4.69) is 15.5 Å². The van der Waals surface area contributed by atoms with E-state index in [1.807, 2.05) is 11.0 Å². The molecule has 6 nitrogen and oxygen atoms in total. The average Bonchev–Trinajstić information content (AvgIpc) is 3.19. The van der Waals surface area contributed by atoms with Crippen LogP contribution in [-0.4, -0.2) is 27.2 Å². The lowest BCUT2D eigenvalue weighted by Gasteiger charge is -2.34. The fourth-order valence-electron chi connectivity index (χ4n) is 2.85. The molecule has 0 spiro atoms. The van der Waals surface area contributed by atoms with Crippen molar-refractivity contribution < 1.29 is 9.21 Å². The number of rotatable bonds is 4. The lowest BCUT2D eigenvalue weighted by Crippen LogP contribution is -2.43. The van der Waals surface area contributed by atoms with Crippen LogP contribution in [0.2, 0.25) is 0 Å². The summed E-state index contributed by atoms with van der Waals surface area (Å²) in [5, 5.41) is 9.44. The Morgan fingerprint density at radius 3 is 2.95 bits per heavy atom. The van der Waals surface area contributed by atoms with Crippen molar-refractivity contribution in [3.05, 3.63) is 36.5 Å². The summed E-state index contributed by atoms with van der Waals surface area (Å²) in [7, 11) is 0. The molecule has 2 amide bonds. The Hall–Kier alpha value is -2.24. The number of carbonyl (C=O) groups excluding carboxylic acids is 1. The molecule has 0 radical (unpaired) electrons. The maximum atomic E-state index is 12.6. The predicted molar refractivity (Wildman–Crippen MR) is 78.7 cm³/mol. The van der Waals surface area contributed by atoms with Crippen molar-refractivity contribution in [1.82, 2.24) is 15.1 Å². The Kier molecular flexibility index (Phi) is 4.23. The van der Waals surface area contributed by atoms with Crippen LogP contribution in [0.1, 0.15) is 37.7 Å². The highest BCUT2D eigenvalue weighted by molar-refractivity contribution is 5.89. The van der Waals surface area contributed by atoms with Gasteiger partial charge in [0.2, 0.25) is 0 Å². The largest absolute Gasteiger partial charge is 0.472 e. The summed E-state index contributed by atoms with van der Waals surface area (Å²) in [6.45, 7) is 0.574. The third kappa shape index (κ3) is 3.45. The Labute approximate surface area is 123 Å². The lowest BCUT2D eigenvalue weighted by molar-refractivity contribution is 0.162. The minimum absolute atomic E-state index is 0.0792. The van der Waals surface area contributed by atoms with E-state index in [-0.39, 0.29) is 6.03 Å². The molecule has 0 unspecified atom stereocenters. The molecular weight excluding hydrogens is 268 g/mol. The predicted octanol–water partition coefficient (Wildman–Crippen LogP) is 3.37. The first-order valence-electron chi connectivity index (χ1n) is 7.40. The van der Waals surface area contributed by atoms with Gasteiger partial charge in [0.25, 0.3) is 0 Å². The van der Waals surface area contributed by atoms with Gasteiger partial charge < -0.3 is 14.6 Å². The van der Waals surface area contributed by atoms with Crippen LogP contribution in [0, 0.1) is 0 Å². The molecule has 21 heavy (non-hydrogen) atoms. The van der Waals surface area contributed by atoms with Crippen LogP contribution in [0.3, 0.4) is 0 Å². The summed E-state index contributed by atoms with van der Waals surface area (Å²) >= 11 is 0. The number of H-pyrrole nitrogens is 1. The summed E-state index contributed by atoms with van der Waals surface area (Å²) in [5.74, 6) is 0. The van der Waals surface area contributed by atoms with Crippen molar-refractivity contribution in [2.24, 2.45) is 0 Å². The quantitative estimate of drug-likeness (QED) is 0.905. The second kappa shape index (κ2) is 6.47. The molecule has 6 heteroatoms. The molecule has 2 aromatic heterocycles. The van der Waals surface area contributed by atoms with Gasteiger partial charge >= 0.3 is 6.03 Å². The normalized spacial score (nSPS) is 15.8.